The molecule has 0 aliphatic heterocycles. The van der Waals surface area contributed by atoms with Crippen molar-refractivity contribution in [3.63, 3.8) is 0 Å². The molecule has 1 N–H and O–H groups in total. The Morgan fingerprint density at radius 1 is 1.17 bits per heavy atom. The maximum absolute atomic E-state index is 12.8. The van der Waals surface area contributed by atoms with Crippen LogP contribution in [-0.2, 0) is 20.7 Å². The average molecular weight is 413 g/mol. The van der Waals surface area contributed by atoms with E-state index < -0.39 is 23.8 Å². The number of aryl methyl sites for hydroxylation is 1. The Labute approximate surface area is 173 Å². The van der Waals surface area contributed by atoms with Crippen molar-refractivity contribution in [1.29, 1.82) is 0 Å². The Morgan fingerprint density at radius 2 is 1.90 bits per heavy atom. The number of benzene rings is 1. The molecular weight excluding hydrogens is 390 g/mol. The first kappa shape index (κ1) is 21.2. The summed E-state index contributed by atoms with van der Waals surface area (Å²) in [6.45, 7) is 4.81. The van der Waals surface area contributed by atoms with Crippen LogP contribution in [0.5, 0.6) is 5.75 Å². The Morgan fingerprint density at radius 3 is 2.57 bits per heavy atom. The molecule has 0 bridgehead atoms. The van der Waals surface area contributed by atoms with Crippen LogP contribution in [0.1, 0.15) is 44.6 Å². The molecule has 8 nitrogen and oxygen atoms in total. The first-order valence-corrected chi connectivity index (χ1v) is 9.32. The number of Topliss-reactive ketones (excluding diaryl/α,β-unsaturated/α-hetero) is 1. The molecule has 158 valence electrons. The number of furan rings is 1. The highest BCUT2D eigenvalue weighted by Crippen LogP contribution is 2.26. The van der Waals surface area contributed by atoms with Crippen molar-refractivity contribution in [2.75, 3.05) is 14.2 Å². The van der Waals surface area contributed by atoms with Crippen LogP contribution in [0.15, 0.2) is 28.9 Å². The van der Waals surface area contributed by atoms with Gasteiger partial charge in [-0.2, -0.15) is 0 Å². The Hall–Kier alpha value is -3.55. The normalized spacial score (nSPS) is 11.9. The maximum atomic E-state index is 12.8. The van der Waals surface area contributed by atoms with E-state index in [1.165, 1.54) is 20.3 Å². The maximum Gasteiger partial charge on any atom is 0.339 e. The van der Waals surface area contributed by atoms with E-state index in [2.05, 4.69) is 4.98 Å². The lowest BCUT2D eigenvalue weighted by Crippen LogP contribution is -2.26. The average Bonchev–Trinajstić information content (AvgIpc) is 3.26. The van der Waals surface area contributed by atoms with Gasteiger partial charge in [-0.1, -0.05) is 0 Å². The summed E-state index contributed by atoms with van der Waals surface area (Å²) in [6.07, 6.45) is 0.407. The number of rotatable bonds is 7. The largest absolute Gasteiger partial charge is 0.497 e. The van der Waals surface area contributed by atoms with Gasteiger partial charge in [0.1, 0.15) is 11.3 Å². The molecule has 0 aliphatic rings. The number of aromatic amines is 1. The van der Waals surface area contributed by atoms with Gasteiger partial charge in [0.15, 0.2) is 6.10 Å². The molecule has 2 aromatic heterocycles. The Kier molecular flexibility index (Phi) is 5.96. The highest BCUT2D eigenvalue weighted by molar-refractivity contribution is 6.04. The summed E-state index contributed by atoms with van der Waals surface area (Å²) in [4.78, 5) is 40.0. The molecule has 1 unspecified atom stereocenters. The molecular formula is C22H23NO7. The van der Waals surface area contributed by atoms with Gasteiger partial charge in [0.05, 0.1) is 38.2 Å². The van der Waals surface area contributed by atoms with Gasteiger partial charge in [0.2, 0.25) is 5.78 Å². The monoisotopic (exact) mass is 413 g/mol. The van der Waals surface area contributed by atoms with E-state index in [1.807, 2.05) is 0 Å². The fraction of sp³-hybridized carbons (Fsp3) is 0.318. The lowest BCUT2D eigenvalue weighted by atomic mass is 10.1. The van der Waals surface area contributed by atoms with Gasteiger partial charge in [-0.05, 0) is 38.5 Å². The predicted molar refractivity (Wildman–Crippen MR) is 108 cm³/mol. The van der Waals surface area contributed by atoms with E-state index >= 15 is 0 Å². The summed E-state index contributed by atoms with van der Waals surface area (Å²) < 4.78 is 20.7. The molecule has 0 saturated carbocycles. The zero-order valence-corrected chi connectivity index (χ0v) is 17.5. The number of carbonyl (C=O) groups is 3. The van der Waals surface area contributed by atoms with Crippen molar-refractivity contribution in [2.45, 2.75) is 33.3 Å². The topological polar surface area (TPSA) is 108 Å². The number of methoxy groups -OCH3 is 2. The number of hydrogen-bond acceptors (Lipinski definition) is 7. The van der Waals surface area contributed by atoms with E-state index in [-0.39, 0.29) is 12.1 Å². The van der Waals surface area contributed by atoms with Crippen molar-refractivity contribution in [3.8, 4) is 5.75 Å². The minimum absolute atomic E-state index is 0.0485. The number of ether oxygens (including phenoxy) is 3. The van der Waals surface area contributed by atoms with Crippen LogP contribution >= 0.6 is 0 Å². The summed E-state index contributed by atoms with van der Waals surface area (Å²) >= 11 is 0. The lowest BCUT2D eigenvalue weighted by Gasteiger charge is -2.12. The fourth-order valence-corrected chi connectivity index (χ4v) is 3.38. The molecule has 3 aromatic rings. The summed E-state index contributed by atoms with van der Waals surface area (Å²) in [7, 11) is 2.83. The SMILES string of the molecule is COC(=O)c1c(C)[nH]c(C(=O)C(C)OC(=O)Cc2coc3cc(OC)ccc23)c1C. The fourth-order valence-electron chi connectivity index (χ4n) is 3.38. The van der Waals surface area contributed by atoms with Gasteiger partial charge in [-0.25, -0.2) is 4.79 Å². The molecule has 0 fully saturated rings. The summed E-state index contributed by atoms with van der Waals surface area (Å²) in [6, 6.07) is 5.30. The predicted octanol–water partition coefficient (Wildman–Crippen LogP) is 3.53. The second-order valence-electron chi connectivity index (χ2n) is 6.91. The highest BCUT2D eigenvalue weighted by atomic mass is 16.5. The number of H-pyrrole nitrogens is 1. The van der Waals surface area contributed by atoms with E-state index in [1.54, 1.807) is 39.2 Å². The first-order valence-electron chi connectivity index (χ1n) is 9.32. The van der Waals surface area contributed by atoms with Crippen LogP contribution in [0.25, 0.3) is 11.0 Å². The Bertz CT molecular complexity index is 1120. The molecule has 0 spiro atoms. The molecule has 0 amide bonds. The number of carbonyl (C=O) groups excluding carboxylic acids is 3. The molecule has 1 atom stereocenters. The molecule has 0 radical (unpaired) electrons. The highest BCUT2D eigenvalue weighted by Gasteiger charge is 2.27. The zero-order chi connectivity index (χ0) is 22.0. The van der Waals surface area contributed by atoms with Crippen molar-refractivity contribution in [2.24, 2.45) is 0 Å². The first-order chi connectivity index (χ1) is 14.3. The van der Waals surface area contributed by atoms with Crippen LogP contribution in [0, 0.1) is 13.8 Å². The molecule has 0 saturated heterocycles. The number of nitrogens with one attached hydrogen (secondary N) is 1. The van der Waals surface area contributed by atoms with Crippen LogP contribution in [0.4, 0.5) is 0 Å². The molecule has 0 aliphatic carbocycles. The van der Waals surface area contributed by atoms with E-state index in [9.17, 15) is 14.4 Å². The van der Waals surface area contributed by atoms with Gasteiger partial charge >= 0.3 is 11.9 Å². The van der Waals surface area contributed by atoms with E-state index in [4.69, 9.17) is 18.6 Å². The number of esters is 2. The van der Waals surface area contributed by atoms with Gasteiger partial charge < -0.3 is 23.6 Å². The standard InChI is InChI=1S/C22H23NO7/c1-11-19(22(26)28-5)12(2)23-20(11)21(25)13(3)30-18(24)8-14-10-29-17-9-15(27-4)6-7-16(14)17/h6-7,9-10,13,23H,8H2,1-5H3. The number of ketones is 1. The summed E-state index contributed by atoms with van der Waals surface area (Å²) in [5, 5.41) is 0.769. The quantitative estimate of drug-likeness (QED) is 0.466. The van der Waals surface area contributed by atoms with Crippen LogP contribution in [0.3, 0.4) is 0 Å². The van der Waals surface area contributed by atoms with Gasteiger partial charge in [-0.15, -0.1) is 0 Å². The third-order valence-corrected chi connectivity index (χ3v) is 4.95. The minimum atomic E-state index is -1.03. The lowest BCUT2D eigenvalue weighted by molar-refractivity contribution is -0.145. The third kappa shape index (κ3) is 3.94. The molecule has 8 heteroatoms. The molecule has 2 heterocycles. The van der Waals surface area contributed by atoms with Gasteiger partial charge in [0, 0.05) is 22.7 Å². The molecule has 3 rings (SSSR count). The molecule has 30 heavy (non-hydrogen) atoms. The van der Waals surface area contributed by atoms with Gasteiger partial charge in [-0.3, -0.25) is 9.59 Å². The van der Waals surface area contributed by atoms with Crippen LogP contribution in [-0.4, -0.2) is 43.0 Å². The number of fused-ring (bicyclic) bond motifs is 1. The van der Waals surface area contributed by atoms with Gasteiger partial charge in [0.25, 0.3) is 0 Å². The second-order valence-corrected chi connectivity index (χ2v) is 6.91. The van der Waals surface area contributed by atoms with Crippen molar-refractivity contribution >= 4 is 28.7 Å². The van der Waals surface area contributed by atoms with Crippen molar-refractivity contribution in [3.05, 3.63) is 52.5 Å². The van der Waals surface area contributed by atoms with Crippen molar-refractivity contribution in [1.82, 2.24) is 4.98 Å². The number of aromatic nitrogens is 1. The Balaban J connectivity index is 1.72. The van der Waals surface area contributed by atoms with Crippen molar-refractivity contribution < 1.29 is 33.0 Å². The second kappa shape index (κ2) is 8.44. The molecule has 1 aromatic carbocycles. The van der Waals surface area contributed by atoms with Crippen LogP contribution < -0.4 is 4.74 Å². The summed E-state index contributed by atoms with van der Waals surface area (Å²) in [5.74, 6) is -0.883. The van der Waals surface area contributed by atoms with E-state index in [0.29, 0.717) is 33.7 Å². The summed E-state index contributed by atoms with van der Waals surface area (Å²) in [5.41, 5.74) is 2.74. The smallest absolute Gasteiger partial charge is 0.339 e. The van der Waals surface area contributed by atoms with E-state index in [0.717, 1.165) is 5.39 Å². The minimum Gasteiger partial charge on any atom is -0.497 e. The zero-order valence-electron chi connectivity index (χ0n) is 17.5. The van der Waals surface area contributed by atoms with Crippen LogP contribution in [0.2, 0.25) is 0 Å². The number of hydrogen-bond donors (Lipinski definition) is 1. The third-order valence-electron chi connectivity index (χ3n) is 4.95.